The van der Waals surface area contributed by atoms with Crippen LogP contribution in [0.1, 0.15) is 24.8 Å². The molecule has 1 aliphatic rings. The number of nitrogens with one attached hydrogen (secondary N) is 1. The fraction of sp³-hybridized carbons (Fsp3) is 0.538. The summed E-state index contributed by atoms with van der Waals surface area (Å²) in [4.78, 5) is 10.2. The van der Waals surface area contributed by atoms with Gasteiger partial charge in [-0.25, -0.2) is 0 Å². The Labute approximate surface area is 119 Å². The number of nitro groups is 1. The zero-order valence-corrected chi connectivity index (χ0v) is 11.2. The highest BCUT2D eigenvalue weighted by molar-refractivity contribution is 5.63. The van der Waals surface area contributed by atoms with Gasteiger partial charge in [0.15, 0.2) is 0 Å². The maximum absolute atomic E-state index is 12.6. The number of nitrogens with two attached hydrogens (primary N) is 1. The van der Waals surface area contributed by atoms with Gasteiger partial charge in [-0.15, -0.1) is 0 Å². The first-order valence-corrected chi connectivity index (χ1v) is 6.65. The zero-order chi connectivity index (χ0) is 15.6. The summed E-state index contributed by atoms with van der Waals surface area (Å²) in [5.74, 6) is 0.187. The molecule has 0 amide bonds. The van der Waals surface area contributed by atoms with Crippen molar-refractivity contribution < 1.29 is 18.1 Å². The van der Waals surface area contributed by atoms with Crippen molar-refractivity contribution in [1.82, 2.24) is 0 Å². The number of anilines is 1. The Bertz CT molecular complexity index is 534. The molecule has 1 aromatic rings. The molecule has 0 spiro atoms. The monoisotopic (exact) mass is 303 g/mol. The first kappa shape index (κ1) is 15.6. The van der Waals surface area contributed by atoms with E-state index in [9.17, 15) is 23.3 Å². The van der Waals surface area contributed by atoms with E-state index in [-0.39, 0.29) is 17.6 Å². The largest absolute Gasteiger partial charge is 0.416 e. The lowest BCUT2D eigenvalue weighted by molar-refractivity contribution is -0.384. The Balaban J connectivity index is 2.29. The van der Waals surface area contributed by atoms with Crippen LogP contribution in [0.2, 0.25) is 0 Å². The highest BCUT2D eigenvalue weighted by Gasteiger charge is 2.34. The summed E-state index contributed by atoms with van der Waals surface area (Å²) in [6, 6.07) is 2.49. The highest BCUT2D eigenvalue weighted by atomic mass is 19.4. The molecule has 5 nitrogen and oxygen atoms in total. The number of nitrogens with zero attached hydrogens (tertiary/aromatic N) is 1. The Morgan fingerprint density at radius 2 is 2.10 bits per heavy atom. The summed E-state index contributed by atoms with van der Waals surface area (Å²) in [5.41, 5.74) is 4.16. The van der Waals surface area contributed by atoms with E-state index in [1.165, 1.54) is 0 Å². The maximum atomic E-state index is 12.6. The van der Waals surface area contributed by atoms with Crippen molar-refractivity contribution in [2.24, 2.45) is 11.7 Å². The van der Waals surface area contributed by atoms with E-state index >= 15 is 0 Å². The van der Waals surface area contributed by atoms with E-state index in [1.807, 2.05) is 0 Å². The minimum Gasteiger partial charge on any atom is -0.376 e. The minimum atomic E-state index is -4.60. The number of halogens is 3. The van der Waals surface area contributed by atoms with Gasteiger partial charge in [-0.3, -0.25) is 10.1 Å². The molecule has 1 aliphatic carbocycles. The molecule has 2 atom stereocenters. The van der Waals surface area contributed by atoms with Crippen LogP contribution in [0.25, 0.3) is 0 Å². The SMILES string of the molecule is NCC1CCCC1Nc1ccc(C(F)(F)F)cc1[N+](=O)[O-]. The predicted octanol–water partition coefficient (Wildman–Crippen LogP) is 3.15. The summed E-state index contributed by atoms with van der Waals surface area (Å²) < 4.78 is 37.9. The molecule has 0 aromatic heterocycles. The molecule has 2 rings (SSSR count). The molecule has 0 saturated heterocycles. The predicted molar refractivity (Wildman–Crippen MR) is 71.9 cm³/mol. The molecule has 0 aliphatic heterocycles. The van der Waals surface area contributed by atoms with Gasteiger partial charge in [-0.2, -0.15) is 13.2 Å². The minimum absolute atomic E-state index is 0.0366. The molecular weight excluding hydrogens is 287 g/mol. The molecule has 2 unspecified atom stereocenters. The number of hydrogen-bond donors (Lipinski definition) is 2. The van der Waals surface area contributed by atoms with Crippen molar-refractivity contribution in [3.05, 3.63) is 33.9 Å². The molecule has 0 bridgehead atoms. The quantitative estimate of drug-likeness (QED) is 0.661. The van der Waals surface area contributed by atoms with Crippen LogP contribution < -0.4 is 11.1 Å². The Hall–Kier alpha value is -1.83. The lowest BCUT2D eigenvalue weighted by Crippen LogP contribution is -2.29. The molecule has 1 aromatic carbocycles. The van der Waals surface area contributed by atoms with Crippen molar-refractivity contribution in [3.8, 4) is 0 Å². The Morgan fingerprint density at radius 1 is 1.38 bits per heavy atom. The number of alkyl halides is 3. The van der Waals surface area contributed by atoms with Gasteiger partial charge < -0.3 is 11.1 Å². The molecule has 0 radical (unpaired) electrons. The van der Waals surface area contributed by atoms with Crippen LogP contribution >= 0.6 is 0 Å². The molecular formula is C13H16F3N3O2. The van der Waals surface area contributed by atoms with Gasteiger partial charge in [0.25, 0.3) is 5.69 Å². The third kappa shape index (κ3) is 3.44. The lowest BCUT2D eigenvalue weighted by Gasteiger charge is -2.21. The molecule has 0 heterocycles. The van der Waals surface area contributed by atoms with Crippen LogP contribution in [-0.2, 0) is 6.18 Å². The average Bonchev–Trinajstić information content (AvgIpc) is 2.84. The van der Waals surface area contributed by atoms with Gasteiger partial charge in [-0.05, 0) is 37.4 Å². The average molecular weight is 303 g/mol. The number of hydrogen-bond acceptors (Lipinski definition) is 4. The van der Waals surface area contributed by atoms with E-state index in [2.05, 4.69) is 5.32 Å². The number of rotatable bonds is 4. The molecule has 8 heteroatoms. The standard InChI is InChI=1S/C13H16F3N3O2/c14-13(15,16)9-4-5-11(12(6-9)19(20)21)18-10-3-1-2-8(10)7-17/h4-6,8,10,18H,1-3,7,17H2. The first-order valence-electron chi connectivity index (χ1n) is 6.65. The van der Waals surface area contributed by atoms with Crippen molar-refractivity contribution >= 4 is 11.4 Å². The fourth-order valence-corrected chi connectivity index (χ4v) is 2.69. The second kappa shape index (κ2) is 5.88. The summed E-state index contributed by atoms with van der Waals surface area (Å²) >= 11 is 0. The molecule has 21 heavy (non-hydrogen) atoms. The molecule has 116 valence electrons. The van der Waals surface area contributed by atoms with Crippen LogP contribution in [0, 0.1) is 16.0 Å². The van der Waals surface area contributed by atoms with E-state index in [0.717, 1.165) is 31.4 Å². The van der Waals surface area contributed by atoms with Gasteiger partial charge >= 0.3 is 6.18 Å². The van der Waals surface area contributed by atoms with Crippen molar-refractivity contribution in [3.63, 3.8) is 0 Å². The Kier molecular flexibility index (Phi) is 4.36. The van der Waals surface area contributed by atoms with E-state index in [4.69, 9.17) is 5.73 Å². The van der Waals surface area contributed by atoms with Gasteiger partial charge in [0.05, 0.1) is 10.5 Å². The number of benzene rings is 1. The topological polar surface area (TPSA) is 81.2 Å². The lowest BCUT2D eigenvalue weighted by atomic mass is 10.0. The summed E-state index contributed by atoms with van der Waals surface area (Å²) in [7, 11) is 0. The van der Waals surface area contributed by atoms with Gasteiger partial charge in [-0.1, -0.05) is 6.42 Å². The van der Waals surface area contributed by atoms with Crippen molar-refractivity contribution in [2.75, 3.05) is 11.9 Å². The third-order valence-corrected chi connectivity index (χ3v) is 3.82. The van der Waals surface area contributed by atoms with Crippen molar-refractivity contribution in [2.45, 2.75) is 31.5 Å². The van der Waals surface area contributed by atoms with Crippen LogP contribution in [0.15, 0.2) is 18.2 Å². The van der Waals surface area contributed by atoms with Gasteiger partial charge in [0, 0.05) is 12.1 Å². The van der Waals surface area contributed by atoms with E-state index < -0.39 is 22.4 Å². The molecule has 1 saturated carbocycles. The summed E-state index contributed by atoms with van der Waals surface area (Å²) in [5, 5.41) is 14.0. The first-order chi connectivity index (χ1) is 9.82. The fourth-order valence-electron chi connectivity index (χ4n) is 2.69. The van der Waals surface area contributed by atoms with Gasteiger partial charge in [0.2, 0.25) is 0 Å². The second-order valence-electron chi connectivity index (χ2n) is 5.16. The summed E-state index contributed by atoms with van der Waals surface area (Å²) in [6.45, 7) is 0.450. The second-order valence-corrected chi connectivity index (χ2v) is 5.16. The summed E-state index contributed by atoms with van der Waals surface area (Å²) in [6.07, 6.45) is -1.92. The van der Waals surface area contributed by atoms with E-state index in [1.54, 1.807) is 0 Å². The number of nitro benzene ring substituents is 1. The van der Waals surface area contributed by atoms with Crippen LogP contribution in [0.5, 0.6) is 0 Å². The third-order valence-electron chi connectivity index (χ3n) is 3.82. The highest BCUT2D eigenvalue weighted by Crippen LogP contribution is 2.36. The van der Waals surface area contributed by atoms with Crippen LogP contribution in [0.3, 0.4) is 0 Å². The van der Waals surface area contributed by atoms with Crippen LogP contribution in [-0.4, -0.2) is 17.5 Å². The molecule has 1 fully saturated rings. The smallest absolute Gasteiger partial charge is 0.376 e. The normalized spacial score (nSPS) is 22.3. The van der Waals surface area contributed by atoms with Crippen LogP contribution in [0.4, 0.5) is 24.5 Å². The molecule has 3 N–H and O–H groups in total. The van der Waals surface area contributed by atoms with E-state index in [0.29, 0.717) is 12.6 Å². The van der Waals surface area contributed by atoms with Crippen molar-refractivity contribution in [1.29, 1.82) is 0 Å². The Morgan fingerprint density at radius 3 is 2.67 bits per heavy atom. The maximum Gasteiger partial charge on any atom is 0.416 e. The zero-order valence-electron chi connectivity index (χ0n) is 11.2. The van der Waals surface area contributed by atoms with Gasteiger partial charge in [0.1, 0.15) is 5.69 Å².